The molecule has 0 saturated carbocycles. The summed E-state index contributed by atoms with van der Waals surface area (Å²) in [5.41, 5.74) is 4.59. The Hall–Kier alpha value is -2.80. The Bertz CT molecular complexity index is 957. The highest BCUT2D eigenvalue weighted by molar-refractivity contribution is 5.81. The van der Waals surface area contributed by atoms with E-state index in [-0.39, 0.29) is 6.01 Å². The number of methoxy groups -OCH3 is 2. The standard InChI is InChI=1S/C21H25N5O2/c1-27-20-17(14-24-21(25-20)28-2)16-11-19-18(23-13-16)10-15(12-22-19)6-9-26-7-4-3-5-8-26/h10-14H,3-9H2,1-2H3. The molecule has 0 amide bonds. The number of hydrogen-bond donors (Lipinski definition) is 0. The number of rotatable bonds is 6. The van der Waals surface area contributed by atoms with Gasteiger partial charge in [-0.05, 0) is 50.0 Å². The minimum absolute atomic E-state index is 0.269. The van der Waals surface area contributed by atoms with E-state index < -0.39 is 0 Å². The molecule has 146 valence electrons. The summed E-state index contributed by atoms with van der Waals surface area (Å²) in [4.78, 5) is 20.2. The maximum absolute atomic E-state index is 5.38. The number of ether oxygens (including phenoxy) is 2. The average molecular weight is 379 g/mol. The zero-order valence-electron chi connectivity index (χ0n) is 16.4. The molecule has 3 aromatic rings. The van der Waals surface area contributed by atoms with Crippen LogP contribution in [0.25, 0.3) is 22.2 Å². The Kier molecular flexibility index (Phi) is 5.62. The zero-order valence-corrected chi connectivity index (χ0v) is 16.4. The van der Waals surface area contributed by atoms with Crippen molar-refractivity contribution < 1.29 is 9.47 Å². The quantitative estimate of drug-likeness (QED) is 0.651. The number of fused-ring (bicyclic) bond motifs is 1. The lowest BCUT2D eigenvalue weighted by Crippen LogP contribution is -2.31. The second-order valence-corrected chi connectivity index (χ2v) is 7.04. The van der Waals surface area contributed by atoms with Crippen molar-refractivity contribution in [3.8, 4) is 23.0 Å². The second kappa shape index (κ2) is 8.48. The summed E-state index contributed by atoms with van der Waals surface area (Å²) in [5.74, 6) is 0.450. The first-order chi connectivity index (χ1) is 13.8. The topological polar surface area (TPSA) is 73.3 Å². The highest BCUT2D eigenvalue weighted by atomic mass is 16.5. The molecule has 1 fully saturated rings. The fraction of sp³-hybridized carbons (Fsp3) is 0.429. The minimum atomic E-state index is 0.269. The van der Waals surface area contributed by atoms with E-state index in [0.717, 1.165) is 35.1 Å². The van der Waals surface area contributed by atoms with E-state index in [2.05, 4.69) is 30.9 Å². The van der Waals surface area contributed by atoms with Crippen molar-refractivity contribution in [1.82, 2.24) is 24.8 Å². The molecule has 1 aliphatic heterocycles. The molecule has 1 aliphatic rings. The van der Waals surface area contributed by atoms with Crippen LogP contribution >= 0.6 is 0 Å². The summed E-state index contributed by atoms with van der Waals surface area (Å²) in [6.07, 6.45) is 10.5. The van der Waals surface area contributed by atoms with Crippen molar-refractivity contribution in [3.63, 3.8) is 0 Å². The van der Waals surface area contributed by atoms with Crippen molar-refractivity contribution >= 4 is 11.0 Å². The van der Waals surface area contributed by atoms with Gasteiger partial charge in [0.05, 0.1) is 30.8 Å². The molecule has 28 heavy (non-hydrogen) atoms. The average Bonchev–Trinajstić information content (AvgIpc) is 2.77. The Morgan fingerprint density at radius 3 is 2.46 bits per heavy atom. The van der Waals surface area contributed by atoms with Gasteiger partial charge in [0, 0.05) is 30.7 Å². The van der Waals surface area contributed by atoms with Crippen molar-refractivity contribution in [1.29, 1.82) is 0 Å². The first-order valence-electron chi connectivity index (χ1n) is 9.69. The first kappa shape index (κ1) is 18.6. The molecule has 0 aliphatic carbocycles. The van der Waals surface area contributed by atoms with E-state index in [1.165, 1.54) is 45.0 Å². The molecule has 7 nitrogen and oxygen atoms in total. The smallest absolute Gasteiger partial charge is 0.319 e. The fourth-order valence-electron chi connectivity index (χ4n) is 3.60. The van der Waals surface area contributed by atoms with Gasteiger partial charge < -0.3 is 14.4 Å². The predicted octanol–water partition coefficient (Wildman–Crippen LogP) is 3.13. The fourth-order valence-corrected chi connectivity index (χ4v) is 3.60. The number of nitrogens with zero attached hydrogens (tertiary/aromatic N) is 5. The number of hydrogen-bond acceptors (Lipinski definition) is 7. The molecule has 3 aromatic heterocycles. The summed E-state index contributed by atoms with van der Waals surface area (Å²) < 4.78 is 10.4. The van der Waals surface area contributed by atoms with Crippen LogP contribution in [-0.4, -0.2) is 58.7 Å². The van der Waals surface area contributed by atoms with Crippen LogP contribution in [0.3, 0.4) is 0 Å². The third-order valence-corrected chi connectivity index (χ3v) is 5.17. The number of aromatic nitrogens is 4. The molecular formula is C21H25N5O2. The van der Waals surface area contributed by atoms with Crippen LogP contribution in [0.5, 0.6) is 11.9 Å². The lowest BCUT2D eigenvalue weighted by molar-refractivity contribution is 0.231. The van der Waals surface area contributed by atoms with Crippen LogP contribution in [0.4, 0.5) is 0 Å². The number of piperidine rings is 1. The Morgan fingerprint density at radius 2 is 1.68 bits per heavy atom. The Labute approximate surface area is 164 Å². The van der Waals surface area contributed by atoms with E-state index in [9.17, 15) is 0 Å². The molecule has 0 aromatic carbocycles. The Balaban J connectivity index is 1.55. The van der Waals surface area contributed by atoms with Crippen molar-refractivity contribution in [2.45, 2.75) is 25.7 Å². The van der Waals surface area contributed by atoms with Crippen LogP contribution in [0, 0.1) is 0 Å². The highest BCUT2D eigenvalue weighted by Gasteiger charge is 2.13. The molecule has 0 bridgehead atoms. The van der Waals surface area contributed by atoms with E-state index >= 15 is 0 Å². The number of likely N-dealkylation sites (tertiary alicyclic amines) is 1. The Morgan fingerprint density at radius 1 is 0.893 bits per heavy atom. The summed E-state index contributed by atoms with van der Waals surface area (Å²) >= 11 is 0. The molecule has 0 N–H and O–H groups in total. The van der Waals surface area contributed by atoms with Crippen LogP contribution in [-0.2, 0) is 6.42 Å². The van der Waals surface area contributed by atoms with Crippen LogP contribution in [0.2, 0.25) is 0 Å². The van der Waals surface area contributed by atoms with E-state index in [4.69, 9.17) is 9.47 Å². The van der Waals surface area contributed by atoms with Crippen LogP contribution < -0.4 is 9.47 Å². The van der Waals surface area contributed by atoms with Crippen molar-refractivity contribution in [2.75, 3.05) is 33.9 Å². The van der Waals surface area contributed by atoms with Crippen molar-refractivity contribution in [2.24, 2.45) is 0 Å². The van der Waals surface area contributed by atoms with Gasteiger partial charge in [-0.1, -0.05) is 6.42 Å². The van der Waals surface area contributed by atoms with E-state index in [1.807, 2.05) is 18.5 Å². The molecule has 0 unspecified atom stereocenters. The maximum atomic E-state index is 5.38. The highest BCUT2D eigenvalue weighted by Crippen LogP contribution is 2.29. The summed E-state index contributed by atoms with van der Waals surface area (Å²) in [6, 6.07) is 4.40. The summed E-state index contributed by atoms with van der Waals surface area (Å²) in [5, 5.41) is 0. The largest absolute Gasteiger partial charge is 0.480 e. The van der Waals surface area contributed by atoms with Gasteiger partial charge in [0.25, 0.3) is 0 Å². The summed E-state index contributed by atoms with van der Waals surface area (Å²) in [7, 11) is 3.10. The van der Waals surface area contributed by atoms with Gasteiger partial charge in [-0.2, -0.15) is 4.98 Å². The second-order valence-electron chi connectivity index (χ2n) is 7.04. The third kappa shape index (κ3) is 4.04. The van der Waals surface area contributed by atoms with E-state index in [1.54, 1.807) is 13.3 Å². The third-order valence-electron chi connectivity index (χ3n) is 5.17. The van der Waals surface area contributed by atoms with Gasteiger partial charge in [0.15, 0.2) is 0 Å². The first-order valence-corrected chi connectivity index (χ1v) is 9.69. The molecule has 0 spiro atoms. The SMILES string of the molecule is COc1ncc(-c2cnc3cc(CCN4CCCCC4)cnc3c2)c(OC)n1. The monoisotopic (exact) mass is 379 g/mol. The predicted molar refractivity (Wildman–Crippen MR) is 108 cm³/mol. The normalized spacial score (nSPS) is 14.9. The maximum Gasteiger partial charge on any atom is 0.319 e. The lowest BCUT2D eigenvalue weighted by Gasteiger charge is -2.26. The number of pyridine rings is 2. The van der Waals surface area contributed by atoms with Gasteiger partial charge in [0.1, 0.15) is 0 Å². The van der Waals surface area contributed by atoms with Crippen LogP contribution in [0.15, 0.2) is 30.7 Å². The van der Waals surface area contributed by atoms with Gasteiger partial charge in [-0.3, -0.25) is 9.97 Å². The molecular weight excluding hydrogens is 354 g/mol. The van der Waals surface area contributed by atoms with Gasteiger partial charge in [0.2, 0.25) is 5.88 Å². The summed E-state index contributed by atoms with van der Waals surface area (Å²) in [6.45, 7) is 3.52. The molecule has 4 rings (SSSR count). The van der Waals surface area contributed by atoms with Crippen molar-refractivity contribution in [3.05, 3.63) is 36.3 Å². The molecule has 7 heteroatoms. The van der Waals surface area contributed by atoms with Gasteiger partial charge >= 0.3 is 6.01 Å². The molecule has 1 saturated heterocycles. The zero-order chi connectivity index (χ0) is 19.3. The van der Waals surface area contributed by atoms with Crippen LogP contribution in [0.1, 0.15) is 24.8 Å². The van der Waals surface area contributed by atoms with E-state index in [0.29, 0.717) is 5.88 Å². The van der Waals surface area contributed by atoms with Gasteiger partial charge in [-0.15, -0.1) is 0 Å². The lowest BCUT2D eigenvalue weighted by atomic mass is 10.1. The van der Waals surface area contributed by atoms with Gasteiger partial charge in [-0.25, -0.2) is 4.98 Å². The molecule has 4 heterocycles. The molecule has 0 atom stereocenters. The minimum Gasteiger partial charge on any atom is -0.480 e. The molecule has 0 radical (unpaired) electrons.